The number of imidazole rings is 1. The van der Waals surface area contributed by atoms with Gasteiger partial charge >= 0.3 is 12.1 Å². The summed E-state index contributed by atoms with van der Waals surface area (Å²) < 4.78 is 37.2. The number of aliphatic carboxylic acids is 1. The molecule has 1 aromatic carbocycles. The Morgan fingerprint density at radius 1 is 1.02 bits per heavy atom. The van der Waals surface area contributed by atoms with Crippen molar-refractivity contribution in [2.45, 2.75) is 26.2 Å². The summed E-state index contributed by atoms with van der Waals surface area (Å²) in [6.45, 7) is 5.66. The zero-order chi connectivity index (χ0) is 29.2. The number of aryl methyl sites for hydroxylation is 1. The number of alkyl halides is 3. The van der Waals surface area contributed by atoms with E-state index < -0.39 is 12.1 Å². The highest BCUT2D eigenvalue weighted by Crippen LogP contribution is 2.19. The zero-order valence-corrected chi connectivity index (χ0v) is 21.9. The Hall–Kier alpha value is -4.86. The third-order valence-corrected chi connectivity index (χ3v) is 5.56. The van der Waals surface area contributed by atoms with Crippen LogP contribution in [0.5, 0.6) is 0 Å². The number of rotatable bonds is 8. The molecule has 0 atom stereocenters. The molecule has 0 aliphatic carbocycles. The van der Waals surface area contributed by atoms with Gasteiger partial charge in [0.25, 0.3) is 0 Å². The summed E-state index contributed by atoms with van der Waals surface area (Å²) in [6, 6.07) is 10.1. The lowest BCUT2D eigenvalue weighted by atomic mass is 10.1. The van der Waals surface area contributed by atoms with Crippen LogP contribution in [0, 0.1) is 6.92 Å². The highest BCUT2D eigenvalue weighted by molar-refractivity contribution is 5.73. The fourth-order valence-electron chi connectivity index (χ4n) is 3.58. The molecule has 13 nitrogen and oxygen atoms in total. The van der Waals surface area contributed by atoms with E-state index in [1.807, 2.05) is 12.3 Å². The SMILES string of the molecule is Cc1cccc(-c2cnc(CNc3nc(NCc4ncccn4)nc(N4CCOCC4)n3)[nH]2)c1.O=C(O)C(F)(F)F. The number of halogens is 3. The average Bonchev–Trinajstić information content (AvgIpc) is 3.45. The minimum atomic E-state index is -5.08. The Morgan fingerprint density at radius 3 is 2.32 bits per heavy atom. The first-order valence-electron chi connectivity index (χ1n) is 12.4. The molecule has 4 aromatic rings. The van der Waals surface area contributed by atoms with Gasteiger partial charge in [0.1, 0.15) is 11.6 Å². The number of nitrogens with one attached hydrogen (secondary N) is 3. The Bertz CT molecular complexity index is 1430. The second kappa shape index (κ2) is 13.5. The van der Waals surface area contributed by atoms with Crippen molar-refractivity contribution in [2.75, 3.05) is 41.8 Å². The van der Waals surface area contributed by atoms with E-state index in [0.717, 1.165) is 30.2 Å². The maximum absolute atomic E-state index is 10.6. The van der Waals surface area contributed by atoms with Crippen molar-refractivity contribution in [1.82, 2.24) is 34.9 Å². The Morgan fingerprint density at radius 2 is 1.68 bits per heavy atom. The Balaban J connectivity index is 0.000000493. The number of hydrogen-bond acceptors (Lipinski definition) is 11. The van der Waals surface area contributed by atoms with Crippen LogP contribution < -0.4 is 15.5 Å². The van der Waals surface area contributed by atoms with Crippen LogP contribution >= 0.6 is 0 Å². The van der Waals surface area contributed by atoms with Gasteiger partial charge in [0, 0.05) is 25.5 Å². The molecule has 216 valence electrons. The molecule has 1 aliphatic heterocycles. The van der Waals surface area contributed by atoms with E-state index in [4.69, 9.17) is 14.6 Å². The van der Waals surface area contributed by atoms with E-state index in [9.17, 15) is 13.2 Å². The summed E-state index contributed by atoms with van der Waals surface area (Å²) in [5.41, 5.74) is 3.27. The lowest BCUT2D eigenvalue weighted by Crippen LogP contribution is -2.37. The zero-order valence-electron chi connectivity index (χ0n) is 21.9. The fraction of sp³-hybridized carbons (Fsp3) is 0.320. The maximum atomic E-state index is 10.6. The van der Waals surface area contributed by atoms with Crippen LogP contribution in [-0.2, 0) is 22.6 Å². The minimum absolute atomic E-state index is 0.408. The van der Waals surface area contributed by atoms with Crippen molar-refractivity contribution < 1.29 is 27.8 Å². The lowest BCUT2D eigenvalue weighted by Gasteiger charge is -2.27. The number of H-pyrrole nitrogens is 1. The number of aromatic amines is 1. The standard InChI is InChI=1S/C23H26N10O.C2HF3O2/c1-16-4-2-5-17(12-16)18-13-26-20(29-18)15-28-22-30-21(27-14-19-24-6-3-7-25-19)31-23(32-22)33-8-10-34-11-9-33;3-2(4,5)1(6)7/h2-7,12-13H,8-11,14-15H2,1H3,(H,26,29)(H2,27,28,30,31,32);(H,6,7). The number of aromatic nitrogens is 7. The molecule has 4 heterocycles. The van der Waals surface area contributed by atoms with Gasteiger partial charge in [-0.3, -0.25) is 0 Å². The molecule has 1 aliphatic rings. The monoisotopic (exact) mass is 572 g/mol. The van der Waals surface area contributed by atoms with Gasteiger partial charge in [0.15, 0.2) is 0 Å². The number of carbonyl (C=O) groups is 1. The van der Waals surface area contributed by atoms with E-state index in [1.54, 1.807) is 18.5 Å². The summed E-state index contributed by atoms with van der Waals surface area (Å²) in [7, 11) is 0. The molecular formula is C25H27F3N10O3. The van der Waals surface area contributed by atoms with Crippen LogP contribution in [0.25, 0.3) is 11.3 Å². The molecule has 41 heavy (non-hydrogen) atoms. The van der Waals surface area contributed by atoms with Crippen LogP contribution in [0.2, 0.25) is 0 Å². The molecule has 0 saturated carbocycles. The number of anilines is 3. The number of ether oxygens (including phenoxy) is 1. The van der Waals surface area contributed by atoms with Crippen LogP contribution in [0.1, 0.15) is 17.2 Å². The van der Waals surface area contributed by atoms with Crippen molar-refractivity contribution >= 4 is 23.8 Å². The molecule has 0 unspecified atom stereocenters. The molecule has 0 amide bonds. The molecule has 3 aromatic heterocycles. The van der Waals surface area contributed by atoms with Gasteiger partial charge in [-0.2, -0.15) is 28.1 Å². The number of carboxylic acid groups (broad SMARTS) is 1. The van der Waals surface area contributed by atoms with Crippen LogP contribution in [0.4, 0.5) is 31.0 Å². The second-order valence-electron chi connectivity index (χ2n) is 8.67. The van der Waals surface area contributed by atoms with Crippen molar-refractivity contribution in [3.63, 3.8) is 0 Å². The molecule has 1 saturated heterocycles. The first-order valence-corrected chi connectivity index (χ1v) is 12.4. The van der Waals surface area contributed by atoms with E-state index in [-0.39, 0.29) is 0 Å². The average molecular weight is 573 g/mol. The van der Waals surface area contributed by atoms with Crippen LogP contribution in [-0.4, -0.2) is 78.4 Å². The molecule has 16 heteroatoms. The first-order chi connectivity index (χ1) is 19.7. The van der Waals surface area contributed by atoms with Gasteiger partial charge < -0.3 is 30.4 Å². The lowest BCUT2D eigenvalue weighted by molar-refractivity contribution is -0.192. The normalized spacial score (nSPS) is 13.2. The number of morpholine rings is 1. The first kappa shape index (κ1) is 29.1. The minimum Gasteiger partial charge on any atom is -0.475 e. The summed E-state index contributed by atoms with van der Waals surface area (Å²) in [6.07, 6.45) is 0.168. The van der Waals surface area contributed by atoms with E-state index in [2.05, 4.69) is 75.5 Å². The van der Waals surface area contributed by atoms with Gasteiger partial charge in [0.05, 0.1) is 38.2 Å². The van der Waals surface area contributed by atoms with Gasteiger partial charge in [-0.05, 0) is 24.6 Å². The highest BCUT2D eigenvalue weighted by Gasteiger charge is 2.38. The van der Waals surface area contributed by atoms with Gasteiger partial charge in [-0.15, -0.1) is 0 Å². The fourth-order valence-corrected chi connectivity index (χ4v) is 3.58. The van der Waals surface area contributed by atoms with Gasteiger partial charge in [-0.25, -0.2) is 19.7 Å². The highest BCUT2D eigenvalue weighted by atomic mass is 19.4. The number of benzene rings is 1. The summed E-state index contributed by atoms with van der Waals surface area (Å²) in [5.74, 6) is 0.194. The van der Waals surface area contributed by atoms with Crippen LogP contribution in [0.3, 0.4) is 0 Å². The second-order valence-corrected chi connectivity index (χ2v) is 8.67. The topological polar surface area (TPSA) is 167 Å². The summed E-state index contributed by atoms with van der Waals surface area (Å²) in [5, 5.41) is 13.6. The van der Waals surface area contributed by atoms with Gasteiger partial charge in [0.2, 0.25) is 17.8 Å². The maximum Gasteiger partial charge on any atom is 0.490 e. The third-order valence-electron chi connectivity index (χ3n) is 5.56. The van der Waals surface area contributed by atoms with E-state index >= 15 is 0 Å². The predicted octanol–water partition coefficient (Wildman–Crippen LogP) is 3.05. The number of carboxylic acids is 1. The largest absolute Gasteiger partial charge is 0.490 e. The Labute approximate surface area is 232 Å². The third kappa shape index (κ3) is 8.82. The van der Waals surface area contributed by atoms with E-state index in [1.165, 1.54) is 5.56 Å². The molecule has 1 fully saturated rings. The smallest absolute Gasteiger partial charge is 0.475 e. The molecule has 0 bridgehead atoms. The molecule has 4 N–H and O–H groups in total. The van der Waals surface area contributed by atoms with Gasteiger partial charge in [-0.1, -0.05) is 23.8 Å². The predicted molar refractivity (Wildman–Crippen MR) is 142 cm³/mol. The molecular weight excluding hydrogens is 545 g/mol. The number of nitrogens with zero attached hydrogens (tertiary/aromatic N) is 7. The van der Waals surface area contributed by atoms with Crippen molar-refractivity contribution in [2.24, 2.45) is 0 Å². The van der Waals surface area contributed by atoms with Crippen molar-refractivity contribution in [3.05, 3.63) is 66.1 Å². The van der Waals surface area contributed by atoms with Crippen LogP contribution in [0.15, 0.2) is 48.9 Å². The quantitative estimate of drug-likeness (QED) is 0.244. The van der Waals surface area contributed by atoms with Crippen molar-refractivity contribution in [1.29, 1.82) is 0 Å². The summed E-state index contributed by atoms with van der Waals surface area (Å²) >= 11 is 0. The number of hydrogen-bond donors (Lipinski definition) is 4. The van der Waals surface area contributed by atoms with E-state index in [0.29, 0.717) is 50.0 Å². The Kier molecular flexibility index (Phi) is 9.57. The molecule has 5 rings (SSSR count). The molecule has 0 spiro atoms. The van der Waals surface area contributed by atoms with Crippen molar-refractivity contribution in [3.8, 4) is 11.3 Å². The summed E-state index contributed by atoms with van der Waals surface area (Å²) in [4.78, 5) is 41.1. The molecule has 0 radical (unpaired) electrons.